The zero-order valence-corrected chi connectivity index (χ0v) is 60.0. The van der Waals surface area contributed by atoms with E-state index in [0.717, 1.165) is 77.0 Å². The van der Waals surface area contributed by atoms with Gasteiger partial charge in [-0.15, -0.1) is 0 Å². The van der Waals surface area contributed by atoms with Crippen LogP contribution in [0.1, 0.15) is 105 Å². The standard InChI is InChI=1S/C45H60Br14O9/c1-44(2,19-9-27(52)37(28(53)10-19)65-42(61)67-39-31(56)13-21(46)14-32(39)57)17-5-23(48)35(24(49)6-17)63-41(60)64-36-25(50)7-18(8-26(36)51)45(3,4)20-11-29(54)38(30(55)12-20)66-43(62)68-40-33(58)15-22(47)16-34(40)59/h17-40H,5-16H2,1-4H3. The second-order valence-electron chi connectivity index (χ2n) is 20.9. The Hall–Kier alpha value is 4.53. The lowest BCUT2D eigenvalue weighted by Crippen LogP contribution is -2.52. The van der Waals surface area contributed by atoms with E-state index in [1.54, 1.807) is 0 Å². The lowest BCUT2D eigenvalue weighted by Gasteiger charge is -2.50. The largest absolute Gasteiger partial charge is 0.508 e. The highest BCUT2D eigenvalue weighted by Crippen LogP contribution is 2.55. The summed E-state index contributed by atoms with van der Waals surface area (Å²) in [6.45, 7) is 9.36. The van der Waals surface area contributed by atoms with E-state index in [9.17, 15) is 14.4 Å². The molecular formula is C45H60Br14O9. The van der Waals surface area contributed by atoms with Crippen molar-refractivity contribution in [2.24, 2.45) is 34.5 Å². The Kier molecular flexibility index (Phi) is 24.2. The summed E-state index contributed by atoms with van der Waals surface area (Å²) in [6, 6.07) is 0. The van der Waals surface area contributed by atoms with Crippen molar-refractivity contribution in [1.29, 1.82) is 0 Å². The Morgan fingerprint density at radius 1 is 0.279 bits per heavy atom. The molecule has 6 rings (SSSR count). The second kappa shape index (κ2) is 26.7. The highest BCUT2D eigenvalue weighted by atomic mass is 79.9. The Balaban J connectivity index is 0.956. The minimum atomic E-state index is -0.663. The maximum atomic E-state index is 13.6. The molecule has 0 N–H and O–H groups in total. The third-order valence-electron chi connectivity index (χ3n) is 15.9. The van der Waals surface area contributed by atoms with Crippen LogP contribution in [0.15, 0.2) is 0 Å². The van der Waals surface area contributed by atoms with Crippen LogP contribution in [-0.4, -0.2) is 123 Å². The van der Waals surface area contributed by atoms with E-state index in [0.29, 0.717) is 33.3 Å². The number of carbonyl (C=O) groups is 3. The zero-order valence-electron chi connectivity index (χ0n) is 37.8. The molecule has 392 valence electrons. The smallest absolute Gasteiger partial charge is 0.429 e. The maximum absolute atomic E-state index is 13.6. The lowest BCUT2D eigenvalue weighted by atomic mass is 9.60. The lowest BCUT2D eigenvalue weighted by molar-refractivity contribution is -0.0415. The summed E-state index contributed by atoms with van der Waals surface area (Å²) < 4.78 is 35.9. The first-order valence-electron chi connectivity index (χ1n) is 23.3. The van der Waals surface area contributed by atoms with Gasteiger partial charge in [0.2, 0.25) is 0 Å². The van der Waals surface area contributed by atoms with Crippen molar-refractivity contribution < 1.29 is 42.8 Å². The predicted octanol–water partition coefficient (Wildman–Crippen LogP) is 17.6. The van der Waals surface area contributed by atoms with Crippen LogP contribution in [0.4, 0.5) is 14.4 Å². The Morgan fingerprint density at radius 2 is 0.412 bits per heavy atom. The minimum absolute atomic E-state index is 0.0286. The summed E-state index contributed by atoms with van der Waals surface area (Å²) in [5.41, 5.74) is -0.140. The average molecular weight is 1860 g/mol. The summed E-state index contributed by atoms with van der Waals surface area (Å²) in [5.74, 6) is 1.31. The molecular weight excluding hydrogens is 1800 g/mol. The maximum Gasteiger partial charge on any atom is 0.508 e. The molecule has 6 fully saturated rings. The van der Waals surface area contributed by atoms with Crippen LogP contribution in [-0.2, 0) is 28.4 Å². The van der Waals surface area contributed by atoms with Crippen LogP contribution in [0.2, 0.25) is 0 Å². The molecule has 0 radical (unpaired) electrons. The van der Waals surface area contributed by atoms with Crippen molar-refractivity contribution in [3.05, 3.63) is 0 Å². The van der Waals surface area contributed by atoms with Gasteiger partial charge in [-0.2, -0.15) is 0 Å². The number of rotatable bonds is 10. The molecule has 0 spiro atoms. The fourth-order valence-electron chi connectivity index (χ4n) is 11.4. The molecule has 12 unspecified atom stereocenters. The van der Waals surface area contributed by atoms with Crippen molar-refractivity contribution in [1.82, 2.24) is 0 Å². The summed E-state index contributed by atoms with van der Waals surface area (Å²) in [5, 5.41) is 0. The number of hydrogen-bond acceptors (Lipinski definition) is 9. The summed E-state index contributed by atoms with van der Waals surface area (Å²) in [7, 11) is 0. The Labute approximate surface area is 520 Å². The topological polar surface area (TPSA) is 107 Å². The molecule has 0 heterocycles. The molecule has 68 heavy (non-hydrogen) atoms. The van der Waals surface area contributed by atoms with E-state index in [-0.39, 0.29) is 93.2 Å². The van der Waals surface area contributed by atoms with Gasteiger partial charge in [-0.3, -0.25) is 0 Å². The normalized spacial score (nSPS) is 46.1. The van der Waals surface area contributed by atoms with Crippen LogP contribution >= 0.6 is 223 Å². The molecule has 0 amide bonds. The fraction of sp³-hybridized carbons (Fsp3) is 0.933. The first kappa shape index (κ1) is 61.7. The minimum Gasteiger partial charge on any atom is -0.429 e. The third-order valence-corrected chi connectivity index (χ3v) is 28.1. The molecule has 0 aromatic heterocycles. The van der Waals surface area contributed by atoms with Crippen molar-refractivity contribution in [2.45, 2.75) is 209 Å². The van der Waals surface area contributed by atoms with Gasteiger partial charge in [0.25, 0.3) is 0 Å². The SMILES string of the molecule is CC(C)(C1CC(Br)C(OC(=O)OC2C(Br)CC(Br)CC2Br)C(Br)C1)C1CC(Br)C(OC(=O)OC2C(Br)CC(C(C)(C)C3CC(Br)C(OC(=O)OC4C(Br)CC(Br)CC4Br)C(Br)C3)CC2Br)C(Br)C1. The first-order chi connectivity index (χ1) is 31.7. The van der Waals surface area contributed by atoms with Crippen molar-refractivity contribution in [2.75, 3.05) is 0 Å². The predicted molar refractivity (Wildman–Crippen MR) is 320 cm³/mol. The average Bonchev–Trinajstić information content (AvgIpc) is 3.22. The number of halogens is 14. The molecule has 6 aliphatic rings. The van der Waals surface area contributed by atoms with Gasteiger partial charge >= 0.3 is 18.5 Å². The zero-order chi connectivity index (χ0) is 50.3. The van der Waals surface area contributed by atoms with Crippen molar-refractivity contribution in [3.8, 4) is 0 Å². The fourth-order valence-corrected chi connectivity index (χ4v) is 28.6. The van der Waals surface area contributed by atoms with Gasteiger partial charge in [0.05, 0.1) is 57.9 Å². The van der Waals surface area contributed by atoms with E-state index in [4.69, 9.17) is 28.4 Å². The van der Waals surface area contributed by atoms with Gasteiger partial charge in [-0.05, 0) is 112 Å². The van der Waals surface area contributed by atoms with E-state index in [2.05, 4.69) is 251 Å². The molecule has 0 saturated heterocycles. The van der Waals surface area contributed by atoms with E-state index in [1.165, 1.54) is 0 Å². The number of ether oxygens (including phenoxy) is 6. The quantitative estimate of drug-likeness (QED) is 0.120. The number of hydrogen-bond donors (Lipinski definition) is 0. The van der Waals surface area contributed by atoms with Crippen LogP contribution in [0.3, 0.4) is 0 Å². The number of alkyl halides is 14. The van der Waals surface area contributed by atoms with Crippen LogP contribution in [0.25, 0.3) is 0 Å². The monoisotopic (exact) mass is 1850 g/mol. The highest BCUT2D eigenvalue weighted by molar-refractivity contribution is 9.12. The third kappa shape index (κ3) is 15.5. The first-order valence-corrected chi connectivity index (χ1v) is 36.1. The molecule has 23 heteroatoms. The van der Waals surface area contributed by atoms with Crippen LogP contribution in [0, 0.1) is 34.5 Å². The molecule has 9 nitrogen and oxygen atoms in total. The molecule has 12 atom stereocenters. The van der Waals surface area contributed by atoms with Gasteiger partial charge in [0, 0.05) is 9.65 Å². The molecule has 6 saturated carbocycles. The molecule has 0 aliphatic heterocycles. The van der Waals surface area contributed by atoms with Gasteiger partial charge in [0.1, 0.15) is 36.6 Å². The van der Waals surface area contributed by atoms with Gasteiger partial charge < -0.3 is 28.4 Å². The highest BCUT2D eigenvalue weighted by Gasteiger charge is 2.53. The molecule has 0 aromatic carbocycles. The van der Waals surface area contributed by atoms with Crippen molar-refractivity contribution >= 4 is 241 Å². The Bertz CT molecular complexity index is 1530. The molecule has 0 bridgehead atoms. The summed E-state index contributed by atoms with van der Waals surface area (Å²) in [4.78, 5) is 40.1. The van der Waals surface area contributed by atoms with E-state index >= 15 is 0 Å². The van der Waals surface area contributed by atoms with Gasteiger partial charge in [0.15, 0.2) is 0 Å². The van der Waals surface area contributed by atoms with Crippen LogP contribution in [0.5, 0.6) is 0 Å². The molecule has 6 aliphatic carbocycles. The van der Waals surface area contributed by atoms with Gasteiger partial charge in [-0.25, -0.2) is 14.4 Å². The van der Waals surface area contributed by atoms with Crippen LogP contribution < -0.4 is 0 Å². The van der Waals surface area contributed by atoms with E-state index < -0.39 is 30.7 Å². The summed E-state index contributed by atoms with van der Waals surface area (Å²) >= 11 is 53.5. The second-order valence-corrected chi connectivity index (χ2v) is 37.6. The number of carbonyl (C=O) groups excluding carboxylic acids is 3. The van der Waals surface area contributed by atoms with Crippen molar-refractivity contribution in [3.63, 3.8) is 0 Å². The summed E-state index contributed by atoms with van der Waals surface area (Å²) in [6.07, 6.45) is 5.93. The molecule has 0 aromatic rings. The Morgan fingerprint density at radius 3 is 0.559 bits per heavy atom. The van der Waals surface area contributed by atoms with Gasteiger partial charge in [-0.1, -0.05) is 251 Å². The van der Waals surface area contributed by atoms with E-state index in [1.807, 2.05) is 0 Å².